The molecule has 2 heterocycles. The summed E-state index contributed by atoms with van der Waals surface area (Å²) in [6.45, 7) is 1.93. The van der Waals surface area contributed by atoms with Crippen molar-refractivity contribution in [3.05, 3.63) is 35.4 Å². The third-order valence-corrected chi connectivity index (χ3v) is 4.76. The Balaban J connectivity index is 2.16. The molecule has 0 spiro atoms. The second kappa shape index (κ2) is 6.24. The van der Waals surface area contributed by atoms with E-state index in [1.165, 1.54) is 26.2 Å². The van der Waals surface area contributed by atoms with E-state index in [0.717, 1.165) is 17.5 Å². The molecule has 0 N–H and O–H groups in total. The number of rotatable bonds is 2. The molecule has 0 radical (unpaired) electrons. The molecule has 1 aromatic carbocycles. The molecule has 3 rings (SSSR count). The van der Waals surface area contributed by atoms with E-state index in [1.54, 1.807) is 5.01 Å². The first-order valence-electron chi connectivity index (χ1n) is 7.81. The number of carbonyl (C=O) groups excluding carboxylic acids is 3. The van der Waals surface area contributed by atoms with Gasteiger partial charge in [0.15, 0.2) is 6.04 Å². The van der Waals surface area contributed by atoms with Crippen molar-refractivity contribution in [2.24, 2.45) is 5.92 Å². The second-order valence-electron chi connectivity index (χ2n) is 5.94. The molecule has 7 nitrogen and oxygen atoms in total. The quantitative estimate of drug-likeness (QED) is 0.742. The van der Waals surface area contributed by atoms with Crippen molar-refractivity contribution in [1.29, 1.82) is 0 Å². The molecule has 1 saturated heterocycles. The maximum absolute atomic E-state index is 12.5. The lowest BCUT2D eigenvalue weighted by Gasteiger charge is -2.37. The van der Waals surface area contributed by atoms with Crippen LogP contribution >= 0.6 is 0 Å². The summed E-state index contributed by atoms with van der Waals surface area (Å²) in [5.74, 6) is -2.28. The summed E-state index contributed by atoms with van der Waals surface area (Å²) >= 11 is 0. The van der Waals surface area contributed by atoms with E-state index in [0.29, 0.717) is 6.54 Å². The second-order valence-corrected chi connectivity index (χ2v) is 5.94. The average Bonchev–Trinajstić information content (AvgIpc) is 2.96. The summed E-state index contributed by atoms with van der Waals surface area (Å²) in [7, 11) is 2.53. The van der Waals surface area contributed by atoms with Gasteiger partial charge in [0.1, 0.15) is 5.92 Å². The number of benzene rings is 1. The van der Waals surface area contributed by atoms with Gasteiger partial charge >= 0.3 is 11.9 Å². The van der Waals surface area contributed by atoms with Crippen molar-refractivity contribution < 1.29 is 23.9 Å². The van der Waals surface area contributed by atoms with Gasteiger partial charge in [-0.05, 0) is 17.5 Å². The van der Waals surface area contributed by atoms with Crippen LogP contribution in [0.1, 0.15) is 24.1 Å². The van der Waals surface area contributed by atoms with Crippen LogP contribution in [-0.4, -0.2) is 54.7 Å². The molecule has 0 aliphatic carbocycles. The zero-order chi connectivity index (χ0) is 17.4. The minimum Gasteiger partial charge on any atom is -0.469 e. The number of hydrazine groups is 1. The lowest BCUT2D eigenvalue weighted by atomic mass is 9.84. The monoisotopic (exact) mass is 332 g/mol. The summed E-state index contributed by atoms with van der Waals surface area (Å²) in [5, 5.41) is 3.15. The first kappa shape index (κ1) is 16.4. The predicted octanol–water partition coefficient (Wildman–Crippen LogP) is 0.694. The fourth-order valence-electron chi connectivity index (χ4n) is 3.83. The van der Waals surface area contributed by atoms with Crippen molar-refractivity contribution in [1.82, 2.24) is 10.0 Å². The molecule has 2 aliphatic rings. The van der Waals surface area contributed by atoms with Crippen LogP contribution in [0.4, 0.5) is 0 Å². The molecule has 0 bridgehead atoms. The maximum Gasteiger partial charge on any atom is 0.331 e. The van der Waals surface area contributed by atoms with Gasteiger partial charge in [-0.25, -0.2) is 9.80 Å². The van der Waals surface area contributed by atoms with E-state index >= 15 is 0 Å². The molecule has 24 heavy (non-hydrogen) atoms. The van der Waals surface area contributed by atoms with Gasteiger partial charge in [0, 0.05) is 13.5 Å². The number of hydrogen-bond acceptors (Lipinski definition) is 6. The van der Waals surface area contributed by atoms with E-state index in [4.69, 9.17) is 9.47 Å². The Hall–Kier alpha value is -2.41. The van der Waals surface area contributed by atoms with Crippen LogP contribution in [0.3, 0.4) is 0 Å². The predicted molar refractivity (Wildman–Crippen MR) is 83.4 cm³/mol. The smallest absolute Gasteiger partial charge is 0.331 e. The molecule has 0 unspecified atom stereocenters. The fraction of sp³-hybridized carbons (Fsp3) is 0.471. The number of nitrogens with zero attached hydrogens (tertiary/aromatic N) is 2. The Labute approximate surface area is 140 Å². The van der Waals surface area contributed by atoms with Crippen molar-refractivity contribution in [2.75, 3.05) is 20.8 Å². The Bertz CT molecular complexity index is 689. The highest BCUT2D eigenvalue weighted by Crippen LogP contribution is 2.45. The molecule has 1 amide bonds. The molecule has 7 heteroatoms. The van der Waals surface area contributed by atoms with Crippen LogP contribution in [-0.2, 0) is 30.3 Å². The molecule has 1 fully saturated rings. The fourth-order valence-corrected chi connectivity index (χ4v) is 3.83. The number of amides is 1. The van der Waals surface area contributed by atoms with Gasteiger partial charge in [-0.1, -0.05) is 24.3 Å². The van der Waals surface area contributed by atoms with Crippen LogP contribution in [0.5, 0.6) is 0 Å². The van der Waals surface area contributed by atoms with Gasteiger partial charge < -0.3 is 9.47 Å². The number of carbonyl (C=O) groups is 3. The maximum atomic E-state index is 12.5. The molecule has 128 valence electrons. The van der Waals surface area contributed by atoms with Crippen molar-refractivity contribution in [3.8, 4) is 0 Å². The summed E-state index contributed by atoms with van der Waals surface area (Å²) in [4.78, 5) is 37.1. The van der Waals surface area contributed by atoms with Gasteiger partial charge in [-0.15, -0.1) is 0 Å². The van der Waals surface area contributed by atoms with Crippen LogP contribution in [0.25, 0.3) is 0 Å². The Morgan fingerprint density at radius 2 is 1.75 bits per heavy atom. The highest BCUT2D eigenvalue weighted by Gasteiger charge is 2.58. The van der Waals surface area contributed by atoms with Gasteiger partial charge in [0.2, 0.25) is 5.91 Å². The zero-order valence-corrected chi connectivity index (χ0v) is 13.9. The van der Waals surface area contributed by atoms with E-state index in [9.17, 15) is 14.4 Å². The number of fused-ring (bicyclic) bond motifs is 3. The highest BCUT2D eigenvalue weighted by atomic mass is 16.5. The molecule has 0 saturated carbocycles. The van der Waals surface area contributed by atoms with E-state index in [1.807, 2.05) is 24.3 Å². The van der Waals surface area contributed by atoms with Gasteiger partial charge in [0.05, 0.1) is 20.3 Å². The van der Waals surface area contributed by atoms with Crippen molar-refractivity contribution >= 4 is 17.8 Å². The normalized spacial score (nSPS) is 25.6. The van der Waals surface area contributed by atoms with E-state index in [-0.39, 0.29) is 5.91 Å². The summed E-state index contributed by atoms with van der Waals surface area (Å²) in [6, 6.07) is 6.33. The van der Waals surface area contributed by atoms with Crippen LogP contribution in [0, 0.1) is 5.92 Å². The topological polar surface area (TPSA) is 76.2 Å². The summed E-state index contributed by atoms with van der Waals surface area (Å²) in [6.07, 6.45) is 0.734. The Kier molecular flexibility index (Phi) is 4.28. The van der Waals surface area contributed by atoms with Gasteiger partial charge in [-0.3, -0.25) is 14.6 Å². The highest BCUT2D eigenvalue weighted by molar-refractivity contribution is 5.90. The zero-order valence-electron chi connectivity index (χ0n) is 13.9. The SMILES string of the molecule is COC(=O)[C@H]1[C@H]2c3ccccc3CCN2N(C(C)=O)[C@H]1C(=O)OC. The first-order valence-corrected chi connectivity index (χ1v) is 7.81. The summed E-state index contributed by atoms with van der Waals surface area (Å²) in [5.41, 5.74) is 2.05. The van der Waals surface area contributed by atoms with E-state index in [2.05, 4.69) is 0 Å². The molecule has 0 aromatic heterocycles. The largest absolute Gasteiger partial charge is 0.469 e. The minimum atomic E-state index is -1.02. The molecule has 3 atom stereocenters. The van der Waals surface area contributed by atoms with Crippen LogP contribution in [0.2, 0.25) is 0 Å². The third-order valence-electron chi connectivity index (χ3n) is 4.76. The van der Waals surface area contributed by atoms with Gasteiger partial charge in [-0.2, -0.15) is 0 Å². The lowest BCUT2D eigenvalue weighted by Crippen LogP contribution is -2.50. The van der Waals surface area contributed by atoms with Crippen molar-refractivity contribution in [2.45, 2.75) is 25.4 Å². The Morgan fingerprint density at radius 1 is 1.08 bits per heavy atom. The van der Waals surface area contributed by atoms with Crippen molar-refractivity contribution in [3.63, 3.8) is 0 Å². The number of methoxy groups -OCH3 is 2. The first-order chi connectivity index (χ1) is 11.5. The molecular weight excluding hydrogens is 312 g/mol. The minimum absolute atomic E-state index is 0.304. The molecule has 1 aromatic rings. The number of esters is 2. The average molecular weight is 332 g/mol. The molecular formula is C17H20N2O5. The molecule has 2 aliphatic heterocycles. The van der Waals surface area contributed by atoms with Gasteiger partial charge in [0.25, 0.3) is 0 Å². The van der Waals surface area contributed by atoms with Crippen LogP contribution in [0.15, 0.2) is 24.3 Å². The number of ether oxygens (including phenoxy) is 2. The van der Waals surface area contributed by atoms with E-state index < -0.39 is 29.9 Å². The third kappa shape index (κ3) is 2.36. The Morgan fingerprint density at radius 3 is 2.38 bits per heavy atom. The van der Waals surface area contributed by atoms with Crippen LogP contribution < -0.4 is 0 Å². The number of hydrogen-bond donors (Lipinski definition) is 0. The lowest BCUT2D eigenvalue weighted by molar-refractivity contribution is -0.164. The summed E-state index contributed by atoms with van der Waals surface area (Å²) < 4.78 is 9.81. The standard InChI is InChI=1S/C17H20N2O5/c1-10(20)19-15(17(22)24-3)13(16(21)23-2)14-12-7-5-4-6-11(12)8-9-18(14)19/h4-7,13-15H,8-9H2,1-3H3/t13-,14+,15+/m0/s1.